The average Bonchev–Trinajstić information content (AvgIpc) is 3.44. The van der Waals surface area contributed by atoms with Gasteiger partial charge in [-0.2, -0.15) is 0 Å². The van der Waals surface area contributed by atoms with Crippen molar-refractivity contribution >= 4 is 80.2 Å². The van der Waals surface area contributed by atoms with Crippen molar-refractivity contribution in [2.45, 2.75) is 62.3 Å². The number of sulfonamides is 2. The number of rotatable bonds is 17. The summed E-state index contributed by atoms with van der Waals surface area (Å²) in [5.41, 5.74) is 0.938. The van der Waals surface area contributed by atoms with E-state index >= 15 is 16.8 Å². The lowest BCUT2D eigenvalue weighted by Crippen LogP contribution is -2.47. The highest BCUT2D eigenvalue weighted by Gasteiger charge is 2.50. The highest BCUT2D eigenvalue weighted by atomic mass is 32.2. The Morgan fingerprint density at radius 2 is 0.789 bits per heavy atom. The van der Waals surface area contributed by atoms with Crippen molar-refractivity contribution in [2.75, 3.05) is 6.54 Å². The van der Waals surface area contributed by atoms with E-state index in [1.54, 1.807) is 48.5 Å². The maximum atomic E-state index is 15.7. The van der Waals surface area contributed by atoms with Crippen LogP contribution in [0.4, 0.5) is 0 Å². The zero-order valence-electron chi connectivity index (χ0n) is 42.3. The van der Waals surface area contributed by atoms with Gasteiger partial charge < -0.3 is 18.1 Å². The van der Waals surface area contributed by atoms with Crippen molar-refractivity contribution in [3.05, 3.63) is 230 Å². The molecule has 0 spiro atoms. The zero-order valence-corrected chi connectivity index (χ0v) is 45.7. The van der Waals surface area contributed by atoms with Crippen LogP contribution in [-0.4, -0.2) is 37.6 Å². The van der Waals surface area contributed by atoms with Gasteiger partial charge in [0.25, 0.3) is 20.0 Å². The standard InChI is InChI=1S/C62H56N2O8P2S2/c1-45-22-34-60(35-23-45)75(65,66)63(73(69-56-30-26-47-13-4-8-17-51(47)39-56)70-57-31-27-48-14-5-9-18-52(48)40-57)44-62(3)38-12-21-55(43-62)64(76(67,68)61-36-24-46(2)25-37-61)74(71-58-32-28-49-15-6-10-19-53(49)41-58)72-59-33-29-50-16-7-11-20-54(50)42-59/h4-11,13-20,22-37,39-42,55H,12,21,38,43-44H2,1-3H3. The van der Waals surface area contributed by atoms with Crippen LogP contribution >= 0.6 is 17.1 Å². The summed E-state index contributed by atoms with van der Waals surface area (Å²) >= 11 is 0. The monoisotopic (exact) mass is 1080 g/mol. The van der Waals surface area contributed by atoms with Crippen LogP contribution in [0.3, 0.4) is 0 Å². The molecular weight excluding hydrogens is 1030 g/mol. The molecule has 0 radical (unpaired) electrons. The van der Waals surface area contributed by atoms with Crippen LogP contribution in [0.25, 0.3) is 43.1 Å². The van der Waals surface area contributed by atoms with E-state index in [9.17, 15) is 0 Å². The molecule has 14 heteroatoms. The Bertz CT molecular complexity index is 3800. The summed E-state index contributed by atoms with van der Waals surface area (Å²) in [6, 6.07) is 67.2. The Morgan fingerprint density at radius 3 is 1.17 bits per heavy atom. The number of hydrogen-bond acceptors (Lipinski definition) is 8. The van der Waals surface area contributed by atoms with Crippen molar-refractivity contribution in [1.82, 2.24) is 8.15 Å². The summed E-state index contributed by atoms with van der Waals surface area (Å²) in [4.78, 5) is 0.159. The first kappa shape index (κ1) is 51.2. The number of aryl methyl sites for hydroxylation is 2. The second-order valence-electron chi connectivity index (χ2n) is 19.8. The molecule has 10 aromatic rings. The Labute approximate surface area is 447 Å². The van der Waals surface area contributed by atoms with E-state index in [-0.39, 0.29) is 22.8 Å². The van der Waals surface area contributed by atoms with E-state index in [2.05, 4.69) is 0 Å². The van der Waals surface area contributed by atoms with Gasteiger partial charge in [-0.15, -0.1) is 8.15 Å². The van der Waals surface area contributed by atoms with Crippen LogP contribution in [0.2, 0.25) is 0 Å². The quantitative estimate of drug-likeness (QED) is 0.0829. The first-order valence-electron chi connectivity index (χ1n) is 25.2. The van der Waals surface area contributed by atoms with E-state index in [1.165, 1.54) is 8.15 Å². The van der Waals surface area contributed by atoms with E-state index < -0.39 is 48.6 Å². The maximum absolute atomic E-state index is 15.7. The molecule has 0 amide bonds. The lowest BCUT2D eigenvalue weighted by Gasteiger charge is -2.45. The molecule has 0 heterocycles. The molecule has 1 saturated carbocycles. The number of fused-ring (bicyclic) bond motifs is 4. The molecule has 0 aromatic heterocycles. The topological polar surface area (TPSA) is 112 Å². The number of hydrogen-bond donors (Lipinski definition) is 0. The van der Waals surface area contributed by atoms with Crippen LogP contribution in [0.5, 0.6) is 23.0 Å². The van der Waals surface area contributed by atoms with E-state index in [4.69, 9.17) is 18.1 Å². The predicted octanol–water partition coefficient (Wildman–Crippen LogP) is 16.3. The highest BCUT2D eigenvalue weighted by Crippen LogP contribution is 2.56. The SMILES string of the molecule is Cc1ccc(S(=O)(=O)N(CC2(C)CCCC(N(P(Oc3ccc4ccccc4c3)Oc3ccc4ccccc4c3)S(=O)(=O)c3ccc(C)cc3)C2)P(Oc2ccc3ccccc3c2)Oc2ccc3ccccc3c2)cc1. The average molecular weight is 1080 g/mol. The van der Waals surface area contributed by atoms with Crippen LogP contribution in [0.1, 0.15) is 43.7 Å². The summed E-state index contributed by atoms with van der Waals surface area (Å²) in [6.45, 7) is 5.77. The number of nitrogens with zero attached hydrogens (tertiary/aromatic N) is 2. The summed E-state index contributed by atoms with van der Waals surface area (Å²) in [6.07, 6.45) is 1.80. The van der Waals surface area contributed by atoms with Crippen LogP contribution in [-0.2, 0) is 20.0 Å². The van der Waals surface area contributed by atoms with Crippen LogP contribution < -0.4 is 18.1 Å². The highest BCUT2D eigenvalue weighted by molar-refractivity contribution is 7.94. The van der Waals surface area contributed by atoms with Gasteiger partial charge in [-0.05, 0) is 154 Å². The van der Waals surface area contributed by atoms with Gasteiger partial charge in [0.15, 0.2) is 0 Å². The summed E-state index contributed by atoms with van der Waals surface area (Å²) in [7, 11) is -13.8. The van der Waals surface area contributed by atoms with E-state index in [1.807, 2.05) is 191 Å². The minimum Gasteiger partial charge on any atom is -0.426 e. The van der Waals surface area contributed by atoms with E-state index in [0.717, 1.165) is 54.2 Å². The van der Waals surface area contributed by atoms with Crippen LogP contribution in [0.15, 0.2) is 228 Å². The minimum absolute atomic E-state index is 0.0745. The van der Waals surface area contributed by atoms with Crippen molar-refractivity contribution < 1.29 is 34.9 Å². The lowest BCUT2D eigenvalue weighted by molar-refractivity contribution is 0.142. The van der Waals surface area contributed by atoms with Gasteiger partial charge in [-0.1, -0.05) is 170 Å². The first-order chi connectivity index (χ1) is 36.8. The second-order valence-corrected chi connectivity index (χ2v) is 26.6. The number of benzene rings is 10. The summed E-state index contributed by atoms with van der Waals surface area (Å²) in [5, 5.41) is 7.67. The molecule has 1 aliphatic carbocycles. The third-order valence-electron chi connectivity index (χ3n) is 14.0. The van der Waals surface area contributed by atoms with Crippen molar-refractivity contribution in [2.24, 2.45) is 5.41 Å². The largest absolute Gasteiger partial charge is 0.426 e. The Morgan fingerprint density at radius 1 is 0.447 bits per heavy atom. The molecule has 1 aliphatic rings. The molecular formula is C62H56N2O8P2S2. The van der Waals surface area contributed by atoms with Crippen molar-refractivity contribution in [3.63, 3.8) is 0 Å². The second kappa shape index (κ2) is 21.6. The molecule has 10 nitrogen and oxygen atoms in total. The first-order valence-corrected chi connectivity index (χ1v) is 30.4. The zero-order chi connectivity index (χ0) is 52.4. The van der Waals surface area contributed by atoms with Crippen LogP contribution in [0, 0.1) is 19.3 Å². The fourth-order valence-electron chi connectivity index (χ4n) is 9.96. The smallest absolute Gasteiger partial charge is 0.399 e. The van der Waals surface area contributed by atoms with Gasteiger partial charge in [0, 0.05) is 12.6 Å². The molecule has 2 atom stereocenters. The molecule has 0 saturated heterocycles. The summed E-state index contributed by atoms with van der Waals surface area (Å²) < 4.78 is 93.2. The molecule has 76 heavy (non-hydrogen) atoms. The fraction of sp³-hybridized carbons (Fsp3) is 0.161. The predicted molar refractivity (Wildman–Crippen MR) is 308 cm³/mol. The minimum atomic E-state index is -4.39. The molecule has 2 unspecified atom stereocenters. The van der Waals surface area contributed by atoms with Gasteiger partial charge in [0.1, 0.15) is 23.0 Å². The third kappa shape index (κ3) is 11.2. The van der Waals surface area contributed by atoms with Gasteiger partial charge in [0.05, 0.1) is 9.79 Å². The van der Waals surface area contributed by atoms with Crippen molar-refractivity contribution in [1.29, 1.82) is 0 Å². The lowest BCUT2D eigenvalue weighted by atomic mass is 9.74. The van der Waals surface area contributed by atoms with Gasteiger partial charge in [-0.3, -0.25) is 0 Å². The van der Waals surface area contributed by atoms with Crippen molar-refractivity contribution in [3.8, 4) is 23.0 Å². The van der Waals surface area contributed by atoms with E-state index in [0.29, 0.717) is 42.3 Å². The molecule has 11 rings (SSSR count). The van der Waals surface area contributed by atoms with Gasteiger partial charge in [-0.25, -0.2) is 16.8 Å². The normalized spacial score (nSPS) is 16.3. The molecule has 384 valence electrons. The Balaban J connectivity index is 1.02. The Kier molecular flexibility index (Phi) is 14.6. The molecule has 0 aliphatic heterocycles. The third-order valence-corrected chi connectivity index (χ3v) is 21.9. The van der Waals surface area contributed by atoms with Gasteiger partial charge >= 0.3 is 17.1 Å². The molecule has 0 N–H and O–H groups in total. The molecule has 0 bridgehead atoms. The molecule has 10 aromatic carbocycles. The molecule has 1 fully saturated rings. The maximum Gasteiger partial charge on any atom is 0.399 e. The van der Waals surface area contributed by atoms with Gasteiger partial charge in [0.2, 0.25) is 0 Å². The fourth-order valence-corrected chi connectivity index (χ4v) is 17.3. The Hall–Kier alpha value is -6.88. The summed E-state index contributed by atoms with van der Waals surface area (Å²) in [5.74, 6) is 1.73.